The van der Waals surface area contributed by atoms with Gasteiger partial charge in [0.1, 0.15) is 0 Å². The van der Waals surface area contributed by atoms with Crippen LogP contribution in [0.3, 0.4) is 0 Å². The molecule has 4 nitrogen and oxygen atoms in total. The molecule has 0 radical (unpaired) electrons. The molecule has 3 N–H and O–H groups in total. The molecule has 0 aliphatic heterocycles. The van der Waals surface area contributed by atoms with Crippen molar-refractivity contribution in [1.29, 1.82) is 0 Å². The third-order valence-corrected chi connectivity index (χ3v) is 4.81. The molecule has 25 heavy (non-hydrogen) atoms. The molecule has 1 unspecified atom stereocenters. The van der Waals surface area contributed by atoms with E-state index in [4.69, 9.17) is 5.73 Å². The summed E-state index contributed by atoms with van der Waals surface area (Å²) in [6.45, 7) is 11.2. The Bertz CT molecular complexity index is 646. The zero-order valence-electron chi connectivity index (χ0n) is 15.5. The van der Waals surface area contributed by atoms with Crippen molar-refractivity contribution in [2.75, 3.05) is 25.0 Å². The SMILES string of the molecule is CCN(CC)C(CN=C(N)Nc1cc(C)cc(C)c1)c1ccsc1.I. The van der Waals surface area contributed by atoms with E-state index in [1.165, 1.54) is 16.7 Å². The summed E-state index contributed by atoms with van der Waals surface area (Å²) in [6, 6.07) is 8.75. The second-order valence-electron chi connectivity index (χ2n) is 6.02. The first-order valence-corrected chi connectivity index (χ1v) is 9.39. The summed E-state index contributed by atoms with van der Waals surface area (Å²) in [5.74, 6) is 0.465. The zero-order valence-corrected chi connectivity index (χ0v) is 18.6. The van der Waals surface area contributed by atoms with E-state index < -0.39 is 0 Å². The Morgan fingerprint density at radius 2 is 1.84 bits per heavy atom. The molecular formula is C19H29IN4S. The maximum atomic E-state index is 6.11. The summed E-state index contributed by atoms with van der Waals surface area (Å²) in [5, 5.41) is 7.53. The Morgan fingerprint density at radius 3 is 2.36 bits per heavy atom. The first-order chi connectivity index (χ1) is 11.5. The highest BCUT2D eigenvalue weighted by Crippen LogP contribution is 2.23. The summed E-state index contributed by atoms with van der Waals surface area (Å²) in [5.41, 5.74) is 10.8. The lowest BCUT2D eigenvalue weighted by molar-refractivity contribution is 0.225. The number of anilines is 1. The average Bonchev–Trinajstić information content (AvgIpc) is 3.04. The molecule has 2 rings (SSSR count). The van der Waals surface area contributed by atoms with Crippen molar-refractivity contribution >= 4 is 47.0 Å². The van der Waals surface area contributed by atoms with Crippen molar-refractivity contribution in [3.8, 4) is 0 Å². The van der Waals surface area contributed by atoms with Crippen molar-refractivity contribution < 1.29 is 0 Å². The summed E-state index contributed by atoms with van der Waals surface area (Å²) < 4.78 is 0. The number of likely N-dealkylation sites (N-methyl/N-ethyl adjacent to an activating group) is 1. The van der Waals surface area contributed by atoms with Crippen LogP contribution in [0.25, 0.3) is 0 Å². The van der Waals surface area contributed by atoms with Crippen molar-refractivity contribution in [3.63, 3.8) is 0 Å². The lowest BCUT2D eigenvalue weighted by Crippen LogP contribution is -2.31. The lowest BCUT2D eigenvalue weighted by atomic mass is 10.1. The van der Waals surface area contributed by atoms with Gasteiger partial charge < -0.3 is 11.1 Å². The fourth-order valence-electron chi connectivity index (χ4n) is 2.98. The van der Waals surface area contributed by atoms with E-state index >= 15 is 0 Å². The standard InChI is InChI=1S/C19H28N4S.HI/c1-5-23(6-2)18(16-7-8-24-13-16)12-21-19(20)22-17-10-14(3)9-15(4)11-17;/h7-11,13,18H,5-6,12H2,1-4H3,(H3,20,21,22);1H. The zero-order chi connectivity index (χ0) is 17.5. The number of halogens is 1. The minimum Gasteiger partial charge on any atom is -0.370 e. The Kier molecular flexibility index (Phi) is 9.45. The summed E-state index contributed by atoms with van der Waals surface area (Å²) in [7, 11) is 0. The van der Waals surface area contributed by atoms with Crippen LogP contribution in [0.5, 0.6) is 0 Å². The topological polar surface area (TPSA) is 53.6 Å². The number of rotatable bonds is 7. The van der Waals surface area contributed by atoms with E-state index in [0.29, 0.717) is 12.5 Å². The van der Waals surface area contributed by atoms with Crippen LogP contribution in [0, 0.1) is 13.8 Å². The van der Waals surface area contributed by atoms with Gasteiger partial charge in [0.2, 0.25) is 0 Å². The van der Waals surface area contributed by atoms with Gasteiger partial charge in [0.25, 0.3) is 0 Å². The van der Waals surface area contributed by atoms with Gasteiger partial charge in [-0.3, -0.25) is 9.89 Å². The number of nitrogens with zero attached hydrogens (tertiary/aromatic N) is 2. The number of guanidine groups is 1. The molecule has 1 aromatic heterocycles. The molecule has 0 bridgehead atoms. The predicted octanol–water partition coefficient (Wildman–Crippen LogP) is 4.79. The van der Waals surface area contributed by atoms with E-state index in [9.17, 15) is 0 Å². The second-order valence-corrected chi connectivity index (χ2v) is 6.80. The molecule has 0 fully saturated rings. The van der Waals surface area contributed by atoms with E-state index in [-0.39, 0.29) is 30.0 Å². The highest BCUT2D eigenvalue weighted by molar-refractivity contribution is 14.0. The third kappa shape index (κ3) is 6.60. The predicted molar refractivity (Wildman–Crippen MR) is 121 cm³/mol. The van der Waals surface area contributed by atoms with Gasteiger partial charge in [0.15, 0.2) is 5.96 Å². The Balaban J connectivity index is 0.00000312. The average molecular weight is 472 g/mol. The molecule has 0 amide bonds. The highest BCUT2D eigenvalue weighted by Gasteiger charge is 2.18. The molecule has 0 aliphatic carbocycles. The maximum absolute atomic E-state index is 6.11. The Morgan fingerprint density at radius 1 is 1.20 bits per heavy atom. The van der Waals surface area contributed by atoms with Crippen LogP contribution < -0.4 is 11.1 Å². The first-order valence-electron chi connectivity index (χ1n) is 8.44. The van der Waals surface area contributed by atoms with Crippen molar-refractivity contribution in [2.45, 2.75) is 33.7 Å². The molecular weight excluding hydrogens is 443 g/mol. The van der Waals surface area contributed by atoms with Gasteiger partial charge in [-0.25, -0.2) is 0 Å². The van der Waals surface area contributed by atoms with Gasteiger partial charge in [-0.15, -0.1) is 24.0 Å². The Labute approximate surface area is 172 Å². The monoisotopic (exact) mass is 472 g/mol. The minimum atomic E-state index is 0. The molecule has 6 heteroatoms. The number of aryl methyl sites for hydroxylation is 2. The fraction of sp³-hybridized carbons (Fsp3) is 0.421. The van der Waals surface area contributed by atoms with Crippen LogP contribution in [0.4, 0.5) is 5.69 Å². The molecule has 1 atom stereocenters. The summed E-state index contributed by atoms with van der Waals surface area (Å²) in [4.78, 5) is 7.01. The molecule has 2 aromatic rings. The third-order valence-electron chi connectivity index (χ3n) is 4.11. The van der Waals surface area contributed by atoms with Gasteiger partial charge in [0.05, 0.1) is 12.6 Å². The van der Waals surface area contributed by atoms with Crippen LogP contribution in [-0.4, -0.2) is 30.5 Å². The number of thiophene rings is 1. The quantitative estimate of drug-likeness (QED) is 0.346. The lowest BCUT2D eigenvalue weighted by Gasteiger charge is -2.28. The number of aliphatic imine (C=N–C) groups is 1. The number of hydrogen-bond donors (Lipinski definition) is 2. The van der Waals surface area contributed by atoms with E-state index in [1.54, 1.807) is 11.3 Å². The maximum Gasteiger partial charge on any atom is 0.193 e. The molecule has 0 saturated heterocycles. The second kappa shape index (κ2) is 10.8. The van der Waals surface area contributed by atoms with Crippen LogP contribution >= 0.6 is 35.3 Å². The van der Waals surface area contributed by atoms with Gasteiger partial charge in [-0.1, -0.05) is 19.9 Å². The number of benzene rings is 1. The van der Waals surface area contributed by atoms with Crippen LogP contribution in [0.2, 0.25) is 0 Å². The largest absolute Gasteiger partial charge is 0.370 e. The van der Waals surface area contributed by atoms with Crippen molar-refractivity contribution in [3.05, 3.63) is 51.7 Å². The number of hydrogen-bond acceptors (Lipinski definition) is 3. The fourth-order valence-corrected chi connectivity index (χ4v) is 3.69. The van der Waals surface area contributed by atoms with E-state index in [1.807, 2.05) is 0 Å². The summed E-state index contributed by atoms with van der Waals surface area (Å²) >= 11 is 1.72. The Hall–Kier alpha value is -1.12. The summed E-state index contributed by atoms with van der Waals surface area (Å²) in [6.07, 6.45) is 0. The molecule has 138 valence electrons. The molecule has 0 aliphatic rings. The molecule has 1 aromatic carbocycles. The molecule has 1 heterocycles. The smallest absolute Gasteiger partial charge is 0.193 e. The van der Waals surface area contributed by atoms with Crippen LogP contribution in [0.15, 0.2) is 40.0 Å². The van der Waals surface area contributed by atoms with E-state index in [2.05, 4.69) is 77.9 Å². The number of nitrogens with two attached hydrogens (primary N) is 1. The van der Waals surface area contributed by atoms with E-state index in [0.717, 1.165) is 18.8 Å². The van der Waals surface area contributed by atoms with Crippen LogP contribution in [-0.2, 0) is 0 Å². The van der Waals surface area contributed by atoms with Crippen molar-refractivity contribution in [2.24, 2.45) is 10.7 Å². The van der Waals surface area contributed by atoms with Gasteiger partial charge >= 0.3 is 0 Å². The number of nitrogens with one attached hydrogen (secondary N) is 1. The van der Waals surface area contributed by atoms with Gasteiger partial charge in [0, 0.05) is 5.69 Å². The molecule has 0 saturated carbocycles. The highest BCUT2D eigenvalue weighted by atomic mass is 127. The minimum absolute atomic E-state index is 0. The molecule has 0 spiro atoms. The normalized spacial score (nSPS) is 12.8. The first kappa shape index (κ1) is 21.9. The van der Waals surface area contributed by atoms with Crippen LogP contribution in [0.1, 0.15) is 36.6 Å². The van der Waals surface area contributed by atoms with Crippen molar-refractivity contribution in [1.82, 2.24) is 4.90 Å². The van der Waals surface area contributed by atoms with Gasteiger partial charge in [-0.2, -0.15) is 11.3 Å². The van der Waals surface area contributed by atoms with Gasteiger partial charge in [-0.05, 0) is 72.6 Å².